The van der Waals surface area contributed by atoms with Gasteiger partial charge in [0, 0.05) is 44.4 Å². The number of nitrogen functional groups attached to an aromatic ring is 1. The van der Waals surface area contributed by atoms with Crippen molar-refractivity contribution in [3.8, 4) is 5.75 Å². The van der Waals surface area contributed by atoms with E-state index in [2.05, 4.69) is 15.0 Å². The minimum atomic E-state index is -0.0599. The number of aromatic nitrogens is 3. The molecule has 1 atom stereocenters. The normalized spacial score (nSPS) is 17.5. The molecule has 154 valence electrons. The van der Waals surface area contributed by atoms with Crippen molar-refractivity contribution in [2.24, 2.45) is 12.8 Å². The van der Waals surface area contributed by atoms with Gasteiger partial charge in [-0.25, -0.2) is 0 Å². The van der Waals surface area contributed by atoms with Gasteiger partial charge >= 0.3 is 0 Å². The Kier molecular flexibility index (Phi) is 5.42. The van der Waals surface area contributed by atoms with Crippen molar-refractivity contribution in [2.45, 2.75) is 31.7 Å². The highest BCUT2D eigenvalue weighted by Gasteiger charge is 2.25. The van der Waals surface area contributed by atoms with Crippen LogP contribution < -0.4 is 21.1 Å². The standard InChI is InChI=1S/C20H26N6O2S/c1-25-20(26-8-3-4-13(21)6-9-26)12(11-24-25)10-14(27)16-17-18(29-19(16)22)15(28-2)5-7-23-17/h5,7,11,13H,3-4,6,8-10,21-22H2,1-2H3. The van der Waals surface area contributed by atoms with E-state index in [-0.39, 0.29) is 18.2 Å². The quantitative estimate of drug-likeness (QED) is 0.616. The topological polar surface area (TPSA) is 112 Å². The number of carbonyl (C=O) groups is 1. The van der Waals surface area contributed by atoms with Crippen LogP contribution in [0.1, 0.15) is 35.2 Å². The molecule has 4 N–H and O–H groups in total. The lowest BCUT2D eigenvalue weighted by atomic mass is 10.0. The van der Waals surface area contributed by atoms with Gasteiger partial charge in [0.15, 0.2) is 5.78 Å². The number of aryl methyl sites for hydroxylation is 1. The molecule has 0 aliphatic carbocycles. The van der Waals surface area contributed by atoms with Crippen LogP contribution >= 0.6 is 11.3 Å². The Labute approximate surface area is 173 Å². The van der Waals surface area contributed by atoms with Gasteiger partial charge in [0.1, 0.15) is 11.6 Å². The lowest BCUT2D eigenvalue weighted by Crippen LogP contribution is -2.29. The minimum absolute atomic E-state index is 0.0599. The molecule has 8 nitrogen and oxygen atoms in total. The number of ether oxygens (including phenoxy) is 1. The Bertz CT molecular complexity index is 1040. The summed E-state index contributed by atoms with van der Waals surface area (Å²) in [6.07, 6.45) is 6.63. The zero-order valence-corrected chi connectivity index (χ0v) is 17.5. The highest BCUT2D eigenvalue weighted by Crippen LogP contribution is 2.38. The summed E-state index contributed by atoms with van der Waals surface area (Å²) in [5, 5.41) is 4.88. The first-order valence-electron chi connectivity index (χ1n) is 9.75. The molecular weight excluding hydrogens is 388 g/mol. The number of nitrogens with zero attached hydrogens (tertiary/aromatic N) is 4. The van der Waals surface area contributed by atoms with Crippen LogP contribution in [0.15, 0.2) is 18.5 Å². The van der Waals surface area contributed by atoms with E-state index in [9.17, 15) is 4.79 Å². The number of pyridine rings is 1. The molecule has 1 fully saturated rings. The predicted octanol–water partition coefficient (Wildman–Crippen LogP) is 2.36. The van der Waals surface area contributed by atoms with Crippen LogP contribution in [0.5, 0.6) is 5.75 Å². The van der Waals surface area contributed by atoms with Crippen LogP contribution in [-0.4, -0.2) is 46.8 Å². The van der Waals surface area contributed by atoms with Crippen LogP contribution in [0.2, 0.25) is 0 Å². The summed E-state index contributed by atoms with van der Waals surface area (Å²) in [7, 11) is 3.51. The van der Waals surface area contributed by atoms with E-state index in [1.807, 2.05) is 11.7 Å². The monoisotopic (exact) mass is 414 g/mol. The Morgan fingerprint density at radius 2 is 2.21 bits per heavy atom. The summed E-state index contributed by atoms with van der Waals surface area (Å²) < 4.78 is 8.03. The van der Waals surface area contributed by atoms with Gasteiger partial charge in [-0.2, -0.15) is 5.10 Å². The zero-order valence-electron chi connectivity index (χ0n) is 16.7. The highest BCUT2D eigenvalue weighted by molar-refractivity contribution is 7.23. The first-order chi connectivity index (χ1) is 14.0. The molecule has 0 spiro atoms. The number of ketones is 1. The third kappa shape index (κ3) is 3.67. The summed E-state index contributed by atoms with van der Waals surface area (Å²) >= 11 is 1.33. The third-order valence-electron chi connectivity index (χ3n) is 5.47. The van der Waals surface area contributed by atoms with Crippen molar-refractivity contribution in [2.75, 3.05) is 30.8 Å². The van der Waals surface area contributed by atoms with Crippen molar-refractivity contribution >= 4 is 38.2 Å². The Hall–Kier alpha value is -2.65. The summed E-state index contributed by atoms with van der Waals surface area (Å²) in [5.74, 6) is 1.60. The van der Waals surface area contributed by atoms with Crippen LogP contribution in [0.25, 0.3) is 10.2 Å². The van der Waals surface area contributed by atoms with Crippen LogP contribution in [0.3, 0.4) is 0 Å². The molecule has 3 aromatic heterocycles. The third-order valence-corrected chi connectivity index (χ3v) is 6.49. The maximum Gasteiger partial charge on any atom is 0.172 e. The van der Waals surface area contributed by atoms with E-state index in [0.29, 0.717) is 21.8 Å². The van der Waals surface area contributed by atoms with Crippen molar-refractivity contribution in [1.29, 1.82) is 0 Å². The lowest BCUT2D eigenvalue weighted by Gasteiger charge is -2.24. The highest BCUT2D eigenvalue weighted by atomic mass is 32.1. The summed E-state index contributed by atoms with van der Waals surface area (Å²) in [4.78, 5) is 19.9. The SMILES string of the molecule is COc1ccnc2c(C(=O)Cc3cnn(C)c3N3CCCC(N)CC3)c(N)sc12. The maximum atomic E-state index is 13.2. The van der Waals surface area contributed by atoms with Gasteiger partial charge in [0.05, 0.1) is 34.1 Å². The van der Waals surface area contributed by atoms with E-state index < -0.39 is 0 Å². The smallest absolute Gasteiger partial charge is 0.172 e. The second kappa shape index (κ2) is 8.00. The van der Waals surface area contributed by atoms with E-state index in [1.54, 1.807) is 25.6 Å². The van der Waals surface area contributed by atoms with Gasteiger partial charge in [0.2, 0.25) is 0 Å². The summed E-state index contributed by atoms with van der Waals surface area (Å²) in [6, 6.07) is 2.01. The second-order valence-corrected chi connectivity index (χ2v) is 8.48. The number of rotatable bonds is 5. The van der Waals surface area contributed by atoms with E-state index >= 15 is 0 Å². The Morgan fingerprint density at radius 3 is 3.00 bits per heavy atom. The van der Waals surface area contributed by atoms with E-state index in [4.69, 9.17) is 16.2 Å². The molecule has 0 saturated carbocycles. The van der Waals surface area contributed by atoms with Crippen molar-refractivity contribution < 1.29 is 9.53 Å². The number of nitrogens with two attached hydrogens (primary N) is 2. The summed E-state index contributed by atoms with van der Waals surface area (Å²) in [6.45, 7) is 1.78. The number of carbonyl (C=O) groups excluding carboxylic acids is 1. The van der Waals surface area contributed by atoms with Gasteiger partial charge < -0.3 is 21.1 Å². The average molecular weight is 415 g/mol. The predicted molar refractivity (Wildman–Crippen MR) is 116 cm³/mol. The van der Waals surface area contributed by atoms with Gasteiger partial charge in [-0.1, -0.05) is 0 Å². The van der Waals surface area contributed by atoms with Gasteiger partial charge in [-0.3, -0.25) is 14.5 Å². The number of hydrogen-bond acceptors (Lipinski definition) is 8. The molecule has 4 heterocycles. The number of fused-ring (bicyclic) bond motifs is 1. The van der Waals surface area contributed by atoms with E-state index in [0.717, 1.165) is 48.4 Å². The largest absolute Gasteiger partial charge is 0.495 e. The fourth-order valence-electron chi connectivity index (χ4n) is 4.02. The maximum absolute atomic E-state index is 13.2. The molecule has 0 aromatic carbocycles. The van der Waals surface area contributed by atoms with Crippen molar-refractivity contribution in [1.82, 2.24) is 14.8 Å². The van der Waals surface area contributed by atoms with Gasteiger partial charge in [-0.05, 0) is 25.3 Å². The van der Waals surface area contributed by atoms with E-state index in [1.165, 1.54) is 11.3 Å². The molecule has 1 aliphatic rings. The van der Waals surface area contributed by atoms with Gasteiger partial charge in [0.25, 0.3) is 0 Å². The molecule has 1 aliphatic heterocycles. The average Bonchev–Trinajstić information content (AvgIpc) is 3.14. The van der Waals surface area contributed by atoms with Crippen molar-refractivity contribution in [3.05, 3.63) is 29.6 Å². The first-order valence-corrected chi connectivity index (χ1v) is 10.6. The number of Topliss-reactive ketones (excluding diaryl/α,β-unsaturated/α-hetero) is 1. The Morgan fingerprint density at radius 1 is 1.38 bits per heavy atom. The van der Waals surface area contributed by atoms with Gasteiger partial charge in [-0.15, -0.1) is 11.3 Å². The molecule has 0 amide bonds. The fourth-order valence-corrected chi connectivity index (χ4v) is 5.06. The molecule has 0 radical (unpaired) electrons. The lowest BCUT2D eigenvalue weighted by molar-refractivity contribution is 0.0995. The molecule has 0 bridgehead atoms. The molecule has 3 aromatic rings. The Balaban J connectivity index is 1.65. The number of methoxy groups -OCH3 is 1. The van der Waals surface area contributed by atoms with Crippen LogP contribution in [0.4, 0.5) is 10.8 Å². The van der Waals surface area contributed by atoms with Crippen LogP contribution in [-0.2, 0) is 13.5 Å². The molecular formula is C20H26N6O2S. The number of thiophene rings is 1. The molecule has 1 saturated heterocycles. The minimum Gasteiger partial charge on any atom is -0.495 e. The summed E-state index contributed by atoms with van der Waals surface area (Å²) in [5.41, 5.74) is 14.3. The molecule has 1 unspecified atom stereocenters. The first kappa shape index (κ1) is 19.7. The fraction of sp³-hybridized carbons (Fsp3) is 0.450. The molecule has 29 heavy (non-hydrogen) atoms. The number of anilines is 2. The molecule has 9 heteroatoms. The van der Waals surface area contributed by atoms with Crippen molar-refractivity contribution in [3.63, 3.8) is 0 Å². The van der Waals surface area contributed by atoms with Crippen LogP contribution in [0, 0.1) is 0 Å². The second-order valence-electron chi connectivity index (χ2n) is 7.43. The number of hydrogen-bond donors (Lipinski definition) is 2. The zero-order chi connectivity index (χ0) is 20.5. The molecule has 4 rings (SSSR count).